The van der Waals surface area contributed by atoms with Gasteiger partial charge in [0, 0.05) is 29.1 Å². The molecule has 10 nitrogen and oxygen atoms in total. The van der Waals surface area contributed by atoms with Crippen LogP contribution in [-0.4, -0.2) is 56.6 Å². The number of alkyl halides is 3. The summed E-state index contributed by atoms with van der Waals surface area (Å²) in [4.78, 5) is 45.4. The first-order valence-corrected chi connectivity index (χ1v) is 18.4. The molecule has 14 heteroatoms. The minimum atomic E-state index is -4.74. The number of sulfone groups is 1. The highest BCUT2D eigenvalue weighted by atomic mass is 32.2. The van der Waals surface area contributed by atoms with Crippen molar-refractivity contribution in [1.82, 2.24) is 24.5 Å². The zero-order valence-electron chi connectivity index (χ0n) is 28.8. The molecular formula is C36H40F3N5O5S. The summed E-state index contributed by atoms with van der Waals surface area (Å²) in [5, 5.41) is 8.07. The Hall–Kier alpha value is -4.20. The average molecular weight is 712 g/mol. The van der Waals surface area contributed by atoms with E-state index in [1.807, 2.05) is 6.92 Å². The number of hydrogen-bond acceptors (Lipinski definition) is 8. The van der Waals surface area contributed by atoms with Crippen LogP contribution in [0, 0.1) is 30.1 Å². The second kappa shape index (κ2) is 12.2. The lowest BCUT2D eigenvalue weighted by Gasteiger charge is -2.48. The Balaban J connectivity index is 1.41. The predicted molar refractivity (Wildman–Crippen MR) is 177 cm³/mol. The Morgan fingerprint density at radius 1 is 1.06 bits per heavy atom. The molecule has 0 bridgehead atoms. The highest BCUT2D eigenvalue weighted by Crippen LogP contribution is 2.56. The summed E-state index contributed by atoms with van der Waals surface area (Å²) in [6.07, 6.45) is 5.69. The lowest BCUT2D eigenvalue weighted by molar-refractivity contribution is -0.145. The minimum Gasteiger partial charge on any atom is -0.294 e. The van der Waals surface area contributed by atoms with Gasteiger partial charge in [0.1, 0.15) is 18.1 Å². The molecular weight excluding hydrogens is 671 g/mol. The van der Waals surface area contributed by atoms with Crippen molar-refractivity contribution in [3.8, 4) is 0 Å². The predicted octanol–water partition coefficient (Wildman–Crippen LogP) is 6.30. The van der Waals surface area contributed by atoms with Gasteiger partial charge in [0.2, 0.25) is 0 Å². The van der Waals surface area contributed by atoms with E-state index < -0.39 is 39.2 Å². The molecule has 0 amide bonds. The Morgan fingerprint density at radius 3 is 2.36 bits per heavy atom. The maximum Gasteiger partial charge on any atom is 0.453 e. The monoisotopic (exact) mass is 711 g/mol. The van der Waals surface area contributed by atoms with Gasteiger partial charge in [-0.15, -0.1) is 5.10 Å². The molecule has 3 aromatic rings. The summed E-state index contributed by atoms with van der Waals surface area (Å²) in [6.45, 7) is 9.67. The van der Waals surface area contributed by atoms with Gasteiger partial charge in [-0.2, -0.15) is 18.3 Å². The third kappa shape index (κ3) is 6.54. The molecule has 2 heterocycles. The van der Waals surface area contributed by atoms with Crippen LogP contribution in [0.3, 0.4) is 0 Å². The van der Waals surface area contributed by atoms with Crippen molar-refractivity contribution in [2.24, 2.45) is 23.2 Å². The number of halogens is 3. The molecule has 2 saturated carbocycles. The van der Waals surface area contributed by atoms with Gasteiger partial charge in [0.05, 0.1) is 17.1 Å². The fraction of sp³-hybridized carbons (Fsp3) is 0.500. The quantitative estimate of drug-likeness (QED) is 0.237. The molecule has 0 saturated heterocycles. The van der Waals surface area contributed by atoms with Gasteiger partial charge in [-0.1, -0.05) is 45.9 Å². The number of Topliss-reactive ketones (excluding diaryl/α,β-unsaturated/α-hetero) is 2. The summed E-state index contributed by atoms with van der Waals surface area (Å²) >= 11 is 0. The first kappa shape index (κ1) is 35.6. The van der Waals surface area contributed by atoms with Crippen molar-refractivity contribution in [3.63, 3.8) is 0 Å². The number of nitrogens with zero attached hydrogens (tertiary/aromatic N) is 5. The third-order valence-electron chi connectivity index (χ3n) is 10.5. The third-order valence-corrected chi connectivity index (χ3v) is 11.6. The van der Waals surface area contributed by atoms with E-state index in [9.17, 15) is 36.0 Å². The summed E-state index contributed by atoms with van der Waals surface area (Å²) in [5.41, 5.74) is 0.913. The zero-order chi connectivity index (χ0) is 36.6. The highest BCUT2D eigenvalue weighted by Gasteiger charge is 2.54. The molecule has 0 radical (unpaired) electrons. The normalized spacial score (nSPS) is 25.3. The molecule has 0 N–H and O–H groups in total. The van der Waals surface area contributed by atoms with Gasteiger partial charge in [-0.05, 0) is 79.3 Å². The summed E-state index contributed by atoms with van der Waals surface area (Å²) in [7, 11) is -3.66. The van der Waals surface area contributed by atoms with Crippen LogP contribution >= 0.6 is 0 Å². The number of benzene rings is 1. The summed E-state index contributed by atoms with van der Waals surface area (Å²) in [5.74, 6) is -2.85. The number of allylic oxidation sites excluding steroid dienone is 4. The highest BCUT2D eigenvalue weighted by molar-refractivity contribution is 7.90. The van der Waals surface area contributed by atoms with E-state index in [4.69, 9.17) is 0 Å². The zero-order valence-corrected chi connectivity index (χ0v) is 29.6. The number of carbonyl (C=O) groups excluding carboxylic acids is 3. The van der Waals surface area contributed by atoms with Gasteiger partial charge in [0.25, 0.3) is 5.82 Å². The topological polar surface area (TPSA) is 134 Å². The second-order valence-corrected chi connectivity index (χ2v) is 17.2. The van der Waals surface area contributed by atoms with Crippen LogP contribution in [0.15, 0.2) is 53.7 Å². The van der Waals surface area contributed by atoms with Gasteiger partial charge >= 0.3 is 6.18 Å². The van der Waals surface area contributed by atoms with Crippen molar-refractivity contribution >= 4 is 27.2 Å². The van der Waals surface area contributed by atoms with Crippen LogP contribution in [0.2, 0.25) is 0 Å². The van der Waals surface area contributed by atoms with E-state index in [1.54, 1.807) is 31.2 Å². The maximum absolute atomic E-state index is 14.6. The molecule has 5 unspecified atom stereocenters. The molecule has 6 rings (SSSR count). The summed E-state index contributed by atoms with van der Waals surface area (Å²) < 4.78 is 67.3. The number of hydrogen-bond donors (Lipinski definition) is 0. The van der Waals surface area contributed by atoms with Gasteiger partial charge in [-0.25, -0.2) is 18.1 Å². The van der Waals surface area contributed by atoms with E-state index in [1.165, 1.54) is 22.9 Å². The van der Waals surface area contributed by atoms with E-state index in [0.717, 1.165) is 17.3 Å². The Kier molecular flexibility index (Phi) is 8.72. The molecule has 2 aromatic heterocycles. The van der Waals surface area contributed by atoms with Crippen LogP contribution in [0.4, 0.5) is 13.2 Å². The first-order chi connectivity index (χ1) is 23.2. The maximum atomic E-state index is 14.6. The average Bonchev–Trinajstić information content (AvgIpc) is 3.59. The van der Waals surface area contributed by atoms with Gasteiger partial charge in [0.15, 0.2) is 27.2 Å². The number of aromatic nitrogens is 5. The fourth-order valence-electron chi connectivity index (χ4n) is 7.68. The number of ketones is 3. The molecule has 0 spiro atoms. The molecule has 266 valence electrons. The Labute approximate surface area is 288 Å². The SMILES string of the molecule is Cc1cc(S(C)(=O)=O)cc(C(=O)C2CC2C(C)(C)C)c1C1(C)CCC1C(=O)c1cc(Cn2cnc(C(F)(F)F)n2)nn1C1CC=CC=CC1=O. The van der Waals surface area contributed by atoms with Crippen LogP contribution < -0.4 is 0 Å². The van der Waals surface area contributed by atoms with Crippen LogP contribution in [0.1, 0.15) is 103 Å². The molecule has 2 fully saturated rings. The summed E-state index contributed by atoms with van der Waals surface area (Å²) in [6, 6.07) is 3.62. The first-order valence-electron chi connectivity index (χ1n) is 16.6. The van der Waals surface area contributed by atoms with Crippen LogP contribution in [0.25, 0.3) is 0 Å². The van der Waals surface area contributed by atoms with E-state index >= 15 is 0 Å². The van der Waals surface area contributed by atoms with E-state index in [-0.39, 0.29) is 63.8 Å². The lowest BCUT2D eigenvalue weighted by atomic mass is 9.54. The molecule has 50 heavy (non-hydrogen) atoms. The molecule has 0 aliphatic heterocycles. The van der Waals surface area contributed by atoms with Crippen molar-refractivity contribution < 1.29 is 36.0 Å². The fourth-order valence-corrected chi connectivity index (χ4v) is 8.40. The number of aryl methyl sites for hydroxylation is 1. The van der Waals surface area contributed by atoms with Crippen LogP contribution in [-0.2, 0) is 32.8 Å². The van der Waals surface area contributed by atoms with E-state index in [2.05, 4.69) is 36.0 Å². The smallest absolute Gasteiger partial charge is 0.294 e. The van der Waals surface area contributed by atoms with Gasteiger partial charge < -0.3 is 0 Å². The number of rotatable bonds is 9. The molecule has 5 atom stereocenters. The molecule has 3 aliphatic carbocycles. The largest absolute Gasteiger partial charge is 0.453 e. The number of carbonyl (C=O) groups is 3. The molecule has 1 aromatic carbocycles. The Morgan fingerprint density at radius 2 is 1.78 bits per heavy atom. The second-order valence-electron chi connectivity index (χ2n) is 15.2. The van der Waals surface area contributed by atoms with Crippen LogP contribution in [0.5, 0.6) is 0 Å². The van der Waals surface area contributed by atoms with Crippen molar-refractivity contribution in [3.05, 3.63) is 82.7 Å². The lowest BCUT2D eigenvalue weighted by Crippen LogP contribution is -2.48. The van der Waals surface area contributed by atoms with Gasteiger partial charge in [-0.3, -0.25) is 19.1 Å². The van der Waals surface area contributed by atoms with Crippen molar-refractivity contribution in [1.29, 1.82) is 0 Å². The Bertz CT molecular complexity index is 2070. The standard InChI is InChI=1S/C36H40F3N5O5S/c1-20-14-22(50(6,48)49)16-24(31(46)23-17-26(23)34(2,3)4)30(20)35(5)13-12-25(35)32(47)28-15-21(18-43-19-40-33(42-43)36(37,38)39)41-44(28)27-10-8-7-9-11-29(27)45/h7-9,11,14-16,19,23,25-27H,10,12-13,17-18H2,1-6H3. The van der Waals surface area contributed by atoms with Crippen molar-refractivity contribution in [2.75, 3.05) is 6.26 Å². The van der Waals surface area contributed by atoms with E-state index in [0.29, 0.717) is 36.0 Å². The van der Waals surface area contributed by atoms with Crippen molar-refractivity contribution in [2.45, 2.75) is 89.4 Å². The minimum absolute atomic E-state index is 0.0401. The molecule has 3 aliphatic rings.